The van der Waals surface area contributed by atoms with Crippen molar-refractivity contribution in [3.63, 3.8) is 0 Å². The number of hydrogen-bond donors (Lipinski definition) is 2. The summed E-state index contributed by atoms with van der Waals surface area (Å²) in [4.78, 5) is 28.2. The first kappa shape index (κ1) is 19.7. The van der Waals surface area contributed by atoms with Crippen molar-refractivity contribution in [2.24, 2.45) is 5.92 Å². The van der Waals surface area contributed by atoms with E-state index in [1.807, 2.05) is 31.2 Å². The van der Waals surface area contributed by atoms with Crippen LogP contribution in [0.1, 0.15) is 39.5 Å². The van der Waals surface area contributed by atoms with E-state index in [4.69, 9.17) is 4.74 Å². The van der Waals surface area contributed by atoms with Crippen molar-refractivity contribution in [2.75, 3.05) is 37.6 Å². The van der Waals surface area contributed by atoms with Gasteiger partial charge in [0.25, 0.3) is 5.91 Å². The first-order chi connectivity index (χ1) is 13.1. The van der Waals surface area contributed by atoms with Gasteiger partial charge in [-0.15, -0.1) is 0 Å². The smallest absolute Gasteiger partial charge is 0.268 e. The zero-order chi connectivity index (χ0) is 19.2. The van der Waals surface area contributed by atoms with Crippen molar-refractivity contribution >= 4 is 17.5 Å². The summed E-state index contributed by atoms with van der Waals surface area (Å²) in [6, 6.07) is 7.41. The van der Waals surface area contributed by atoms with E-state index in [2.05, 4.69) is 12.2 Å². The molecule has 0 aliphatic carbocycles. The Bertz CT molecular complexity index is 656. The molecule has 0 spiro atoms. The molecule has 2 N–H and O–H groups in total. The molecule has 2 aliphatic heterocycles. The molecule has 2 heterocycles. The van der Waals surface area contributed by atoms with Gasteiger partial charge in [-0.25, -0.2) is 0 Å². The monoisotopic (exact) mass is 374 g/mol. The molecule has 1 saturated heterocycles. The third-order valence-electron chi connectivity index (χ3n) is 5.65. The summed E-state index contributed by atoms with van der Waals surface area (Å²) in [7, 11) is 0. The van der Waals surface area contributed by atoms with Crippen molar-refractivity contribution in [1.82, 2.24) is 5.32 Å². The van der Waals surface area contributed by atoms with Crippen LogP contribution in [-0.4, -0.2) is 50.6 Å². The van der Waals surface area contributed by atoms with Crippen molar-refractivity contribution in [3.8, 4) is 5.75 Å². The van der Waals surface area contributed by atoms with Crippen molar-refractivity contribution in [2.45, 2.75) is 45.6 Å². The number of hydrogen-bond acceptors (Lipinski definition) is 3. The van der Waals surface area contributed by atoms with E-state index in [-0.39, 0.29) is 18.4 Å². The molecule has 0 radical (unpaired) electrons. The molecule has 148 valence electrons. The first-order valence-electron chi connectivity index (χ1n) is 10.3. The van der Waals surface area contributed by atoms with Crippen LogP contribution in [0.25, 0.3) is 0 Å². The SMILES string of the molecule is CCC1Oc2ccccc2N(CC(=O)NCCC[NH+]2CCC(C)CC2)C1=O. The van der Waals surface area contributed by atoms with E-state index in [1.165, 1.54) is 25.9 Å². The topological polar surface area (TPSA) is 63.1 Å². The lowest BCUT2D eigenvalue weighted by Gasteiger charge is -2.33. The second kappa shape index (κ2) is 9.22. The standard InChI is InChI=1S/C21H31N3O3/c1-3-18-21(26)24(17-7-4-5-8-19(17)27-18)15-20(25)22-11-6-12-23-13-9-16(2)10-14-23/h4-5,7-8,16,18H,3,6,9-15H2,1-2H3,(H,22,25)/p+1. The van der Waals surface area contributed by atoms with Crippen LogP contribution in [0.5, 0.6) is 5.75 Å². The number of carbonyl (C=O) groups is 2. The number of ether oxygens (including phenoxy) is 1. The summed E-state index contributed by atoms with van der Waals surface area (Å²) in [6.45, 7) is 8.53. The average molecular weight is 375 g/mol. The second-order valence-corrected chi connectivity index (χ2v) is 7.79. The average Bonchev–Trinajstić information content (AvgIpc) is 2.68. The van der Waals surface area contributed by atoms with E-state index in [9.17, 15) is 9.59 Å². The maximum Gasteiger partial charge on any atom is 0.268 e. The van der Waals surface area contributed by atoms with Gasteiger partial charge in [0, 0.05) is 13.0 Å². The fraction of sp³-hybridized carbons (Fsp3) is 0.619. The normalized spacial score (nSPS) is 24.9. The summed E-state index contributed by atoms with van der Waals surface area (Å²) in [5.41, 5.74) is 0.675. The molecule has 27 heavy (non-hydrogen) atoms. The zero-order valence-corrected chi connectivity index (χ0v) is 16.5. The van der Waals surface area contributed by atoms with Crippen LogP contribution < -0.4 is 19.9 Å². The number of anilines is 1. The van der Waals surface area contributed by atoms with Gasteiger partial charge in [-0.3, -0.25) is 14.5 Å². The van der Waals surface area contributed by atoms with E-state index < -0.39 is 6.10 Å². The van der Waals surface area contributed by atoms with Gasteiger partial charge in [0.1, 0.15) is 12.3 Å². The number of quaternary nitrogens is 1. The highest BCUT2D eigenvalue weighted by atomic mass is 16.5. The third-order valence-corrected chi connectivity index (χ3v) is 5.65. The molecular formula is C21H32N3O3+. The van der Waals surface area contributed by atoms with E-state index in [1.54, 1.807) is 9.80 Å². The lowest BCUT2D eigenvalue weighted by Crippen LogP contribution is -3.13. The molecule has 2 amide bonds. The number of benzene rings is 1. The quantitative estimate of drug-likeness (QED) is 0.701. The molecule has 1 aromatic carbocycles. The van der Waals surface area contributed by atoms with Crippen LogP contribution in [0, 0.1) is 5.92 Å². The highest BCUT2D eigenvalue weighted by Gasteiger charge is 2.34. The van der Waals surface area contributed by atoms with E-state index in [0.29, 0.717) is 24.4 Å². The molecule has 1 aromatic rings. The zero-order valence-electron chi connectivity index (χ0n) is 16.5. The minimum Gasteiger partial charge on any atom is -0.478 e. The van der Waals surface area contributed by atoms with Gasteiger partial charge in [0.05, 0.1) is 25.3 Å². The molecule has 1 fully saturated rings. The first-order valence-corrected chi connectivity index (χ1v) is 10.3. The Morgan fingerprint density at radius 3 is 2.78 bits per heavy atom. The molecule has 0 bridgehead atoms. The maximum atomic E-state index is 12.6. The largest absolute Gasteiger partial charge is 0.478 e. The van der Waals surface area contributed by atoms with Gasteiger partial charge < -0.3 is 15.0 Å². The van der Waals surface area contributed by atoms with Gasteiger partial charge in [0.2, 0.25) is 5.91 Å². The Kier molecular flexibility index (Phi) is 6.72. The number of fused-ring (bicyclic) bond motifs is 1. The predicted molar refractivity (Wildman–Crippen MR) is 105 cm³/mol. The minimum atomic E-state index is -0.516. The van der Waals surface area contributed by atoms with Crippen LogP contribution >= 0.6 is 0 Å². The Balaban J connectivity index is 1.47. The summed E-state index contributed by atoms with van der Waals surface area (Å²) in [6.07, 6.45) is 3.65. The van der Waals surface area contributed by atoms with E-state index >= 15 is 0 Å². The van der Waals surface area contributed by atoms with Crippen molar-refractivity contribution < 1.29 is 19.2 Å². The van der Waals surface area contributed by atoms with Crippen LogP contribution in [0.15, 0.2) is 24.3 Å². The number of piperidine rings is 1. The molecule has 1 atom stereocenters. The van der Waals surface area contributed by atoms with Crippen molar-refractivity contribution in [1.29, 1.82) is 0 Å². The molecule has 6 heteroatoms. The van der Waals surface area contributed by atoms with Crippen LogP contribution in [-0.2, 0) is 9.59 Å². The summed E-state index contributed by atoms with van der Waals surface area (Å²) >= 11 is 0. The second-order valence-electron chi connectivity index (χ2n) is 7.79. The lowest BCUT2D eigenvalue weighted by atomic mass is 9.99. The fourth-order valence-corrected chi connectivity index (χ4v) is 3.88. The lowest BCUT2D eigenvalue weighted by molar-refractivity contribution is -0.906. The molecule has 6 nitrogen and oxygen atoms in total. The van der Waals surface area contributed by atoms with Gasteiger partial charge in [-0.2, -0.15) is 0 Å². The molecule has 3 rings (SSSR count). The minimum absolute atomic E-state index is 0.0454. The van der Waals surface area contributed by atoms with Gasteiger partial charge in [0.15, 0.2) is 6.10 Å². The number of amides is 2. The predicted octanol–water partition coefficient (Wildman–Crippen LogP) is 1.01. The van der Waals surface area contributed by atoms with Gasteiger partial charge in [-0.1, -0.05) is 26.0 Å². The molecule has 0 aromatic heterocycles. The molecule has 1 unspecified atom stereocenters. The Hall–Kier alpha value is -2.08. The molecular weight excluding hydrogens is 342 g/mol. The van der Waals surface area contributed by atoms with Gasteiger partial charge >= 0.3 is 0 Å². The Labute approximate surface area is 161 Å². The number of nitrogens with one attached hydrogen (secondary N) is 2. The number of nitrogens with zero attached hydrogens (tertiary/aromatic N) is 1. The summed E-state index contributed by atoms with van der Waals surface area (Å²) in [5, 5.41) is 2.98. The Morgan fingerprint density at radius 1 is 1.30 bits per heavy atom. The molecule has 2 aliphatic rings. The summed E-state index contributed by atoms with van der Waals surface area (Å²) in [5.74, 6) is 1.27. The third kappa shape index (κ3) is 5.01. The fourth-order valence-electron chi connectivity index (χ4n) is 3.88. The highest BCUT2D eigenvalue weighted by molar-refractivity contribution is 6.03. The van der Waals surface area contributed by atoms with Crippen LogP contribution in [0.3, 0.4) is 0 Å². The number of likely N-dealkylation sites (tertiary alicyclic amines) is 1. The van der Waals surface area contributed by atoms with E-state index in [0.717, 1.165) is 18.9 Å². The number of rotatable bonds is 7. The Morgan fingerprint density at radius 2 is 2.04 bits per heavy atom. The highest BCUT2D eigenvalue weighted by Crippen LogP contribution is 2.34. The maximum absolute atomic E-state index is 12.6. The van der Waals surface area contributed by atoms with Crippen molar-refractivity contribution in [3.05, 3.63) is 24.3 Å². The number of carbonyl (C=O) groups excluding carboxylic acids is 2. The summed E-state index contributed by atoms with van der Waals surface area (Å²) < 4.78 is 5.75. The van der Waals surface area contributed by atoms with Crippen LogP contribution in [0.2, 0.25) is 0 Å². The van der Waals surface area contributed by atoms with Crippen LogP contribution in [0.4, 0.5) is 5.69 Å². The molecule has 0 saturated carbocycles. The van der Waals surface area contributed by atoms with Gasteiger partial charge in [-0.05, 0) is 37.3 Å². The number of para-hydroxylation sites is 2.